The lowest BCUT2D eigenvalue weighted by Crippen LogP contribution is -2.08. The van der Waals surface area contributed by atoms with Crippen molar-refractivity contribution in [2.45, 2.75) is 31.0 Å². The molecule has 0 amide bonds. The highest BCUT2D eigenvalue weighted by molar-refractivity contribution is 7.99. The molecule has 0 aromatic carbocycles. The molecule has 0 fully saturated rings. The van der Waals surface area contributed by atoms with Gasteiger partial charge in [-0.1, -0.05) is 0 Å². The second-order valence-corrected chi connectivity index (χ2v) is 5.04. The van der Waals surface area contributed by atoms with Crippen LogP contribution >= 0.6 is 11.8 Å². The number of nitrogens with zero attached hydrogens (tertiary/aromatic N) is 5. The Morgan fingerprint density at radius 2 is 1.84 bits per heavy atom. The van der Waals surface area contributed by atoms with Crippen molar-refractivity contribution in [2.24, 2.45) is 7.05 Å². The quantitative estimate of drug-likeness (QED) is 0.907. The summed E-state index contributed by atoms with van der Waals surface area (Å²) in [5, 5.41) is 26.0. The summed E-state index contributed by atoms with van der Waals surface area (Å²) in [4.78, 5) is 11.4. The van der Waals surface area contributed by atoms with Crippen LogP contribution < -0.4 is 0 Å². The molecule has 2 heterocycles. The molecule has 0 saturated heterocycles. The van der Waals surface area contributed by atoms with Gasteiger partial charge in [0.1, 0.15) is 10.9 Å². The Bertz CT molecular complexity index is 653. The number of carboxylic acids is 1. The van der Waals surface area contributed by atoms with Gasteiger partial charge in [-0.2, -0.15) is 5.10 Å². The van der Waals surface area contributed by atoms with Crippen LogP contribution in [-0.4, -0.2) is 36.0 Å². The summed E-state index contributed by atoms with van der Waals surface area (Å²) >= 11 is 1.15. The third-order valence-corrected chi connectivity index (χ3v) is 3.89. The Balaban J connectivity index is 2.49. The van der Waals surface area contributed by atoms with Crippen LogP contribution in [0.5, 0.6) is 0 Å². The molecule has 2 aromatic rings. The molecule has 2 aromatic heterocycles. The minimum Gasteiger partial charge on any atom is -0.478 e. The molecule has 0 unspecified atom stereocenters. The van der Waals surface area contributed by atoms with Gasteiger partial charge in [-0.05, 0) is 38.1 Å². The monoisotopic (exact) mass is 279 g/mol. The van der Waals surface area contributed by atoms with Gasteiger partial charge in [0.05, 0.1) is 11.3 Å². The van der Waals surface area contributed by atoms with Gasteiger partial charge < -0.3 is 9.67 Å². The van der Waals surface area contributed by atoms with Crippen LogP contribution in [0.1, 0.15) is 27.4 Å². The van der Waals surface area contributed by atoms with Crippen LogP contribution in [0, 0.1) is 20.8 Å². The first-order valence-corrected chi connectivity index (χ1v) is 6.34. The number of aromatic carboxylic acids is 1. The highest BCUT2D eigenvalue weighted by atomic mass is 32.2. The topological polar surface area (TPSA) is 93.8 Å². The maximum atomic E-state index is 11.4. The van der Waals surface area contributed by atoms with E-state index in [2.05, 4.69) is 20.4 Å². The van der Waals surface area contributed by atoms with Crippen LogP contribution in [0.4, 0.5) is 0 Å². The number of carboxylic acid groups (broad SMARTS) is 1. The van der Waals surface area contributed by atoms with Crippen molar-refractivity contribution in [1.82, 2.24) is 25.0 Å². The number of carbonyl (C=O) groups is 1. The molecular formula is C11H13N5O2S. The molecule has 0 aliphatic carbocycles. The summed E-state index contributed by atoms with van der Waals surface area (Å²) in [6, 6.07) is 0. The molecule has 1 N–H and O–H groups in total. The molecule has 19 heavy (non-hydrogen) atoms. The first-order valence-electron chi connectivity index (χ1n) is 5.52. The van der Waals surface area contributed by atoms with Crippen LogP contribution in [0.25, 0.3) is 0 Å². The summed E-state index contributed by atoms with van der Waals surface area (Å²) in [5.41, 5.74) is 1.39. The number of rotatable bonds is 3. The standard InChI is InChI=1S/C11H13N5O2S/c1-5-6(2)12-14-9(8(5)10(17)18)19-11-15-13-7(3)16(11)4/h1-4H3,(H,17,18). The third kappa shape index (κ3) is 2.43. The molecule has 0 spiro atoms. The highest BCUT2D eigenvalue weighted by Gasteiger charge is 2.20. The van der Waals surface area contributed by atoms with E-state index < -0.39 is 5.97 Å². The van der Waals surface area contributed by atoms with Crippen LogP contribution in [0.2, 0.25) is 0 Å². The lowest BCUT2D eigenvalue weighted by atomic mass is 10.1. The van der Waals surface area contributed by atoms with Crippen molar-refractivity contribution in [3.8, 4) is 0 Å². The molecule has 0 aliphatic rings. The van der Waals surface area contributed by atoms with Crippen LogP contribution in [-0.2, 0) is 7.05 Å². The Hall–Kier alpha value is -1.96. The summed E-state index contributed by atoms with van der Waals surface area (Å²) in [5.74, 6) is -0.270. The fraction of sp³-hybridized carbons (Fsp3) is 0.364. The van der Waals surface area contributed by atoms with Crippen LogP contribution in [0.3, 0.4) is 0 Å². The van der Waals surface area contributed by atoms with E-state index in [0.717, 1.165) is 17.6 Å². The zero-order chi connectivity index (χ0) is 14.2. The van der Waals surface area contributed by atoms with Crippen molar-refractivity contribution >= 4 is 17.7 Å². The average Bonchev–Trinajstić information content (AvgIpc) is 2.65. The lowest BCUT2D eigenvalue weighted by molar-refractivity contribution is 0.0690. The van der Waals surface area contributed by atoms with E-state index in [1.54, 1.807) is 18.4 Å². The highest BCUT2D eigenvalue weighted by Crippen LogP contribution is 2.29. The molecular weight excluding hydrogens is 266 g/mol. The first-order chi connectivity index (χ1) is 8.91. The van der Waals surface area contributed by atoms with Gasteiger partial charge in [0, 0.05) is 7.05 Å². The van der Waals surface area contributed by atoms with E-state index in [1.807, 2.05) is 14.0 Å². The molecule has 0 radical (unpaired) electrons. The van der Waals surface area contributed by atoms with Gasteiger partial charge in [0.15, 0.2) is 5.16 Å². The molecule has 100 valence electrons. The van der Waals surface area contributed by atoms with Crippen molar-refractivity contribution in [3.05, 3.63) is 22.6 Å². The summed E-state index contributed by atoms with van der Waals surface area (Å²) < 4.78 is 1.77. The molecule has 0 bridgehead atoms. The van der Waals surface area contributed by atoms with Crippen molar-refractivity contribution in [2.75, 3.05) is 0 Å². The number of hydrogen-bond acceptors (Lipinski definition) is 6. The van der Waals surface area contributed by atoms with E-state index in [1.165, 1.54) is 0 Å². The van der Waals surface area contributed by atoms with E-state index in [4.69, 9.17) is 0 Å². The van der Waals surface area contributed by atoms with E-state index in [0.29, 0.717) is 21.4 Å². The summed E-state index contributed by atoms with van der Waals surface area (Å²) in [6.07, 6.45) is 0. The van der Waals surface area contributed by atoms with E-state index >= 15 is 0 Å². The number of hydrogen-bond donors (Lipinski definition) is 1. The molecule has 0 saturated carbocycles. The predicted octanol–water partition coefficient (Wildman–Crippen LogP) is 1.38. The zero-order valence-electron chi connectivity index (χ0n) is 11.0. The van der Waals surface area contributed by atoms with Crippen molar-refractivity contribution in [1.29, 1.82) is 0 Å². The Labute approximate surface area is 114 Å². The minimum absolute atomic E-state index is 0.165. The minimum atomic E-state index is -1.02. The van der Waals surface area contributed by atoms with E-state index in [9.17, 15) is 9.90 Å². The summed E-state index contributed by atoms with van der Waals surface area (Å²) in [6.45, 7) is 5.27. The predicted molar refractivity (Wildman–Crippen MR) is 68.3 cm³/mol. The smallest absolute Gasteiger partial charge is 0.338 e. The fourth-order valence-electron chi connectivity index (χ4n) is 1.47. The van der Waals surface area contributed by atoms with Gasteiger partial charge in [-0.3, -0.25) is 0 Å². The van der Waals surface area contributed by atoms with Crippen LogP contribution in [0.15, 0.2) is 10.2 Å². The van der Waals surface area contributed by atoms with Crippen molar-refractivity contribution in [3.63, 3.8) is 0 Å². The number of aromatic nitrogens is 5. The van der Waals surface area contributed by atoms with Gasteiger partial charge in [0.2, 0.25) is 0 Å². The summed E-state index contributed by atoms with van der Waals surface area (Å²) in [7, 11) is 1.81. The van der Waals surface area contributed by atoms with Crippen molar-refractivity contribution < 1.29 is 9.90 Å². The molecule has 0 aliphatic heterocycles. The molecule has 8 heteroatoms. The molecule has 2 rings (SSSR count). The van der Waals surface area contributed by atoms with Gasteiger partial charge in [-0.15, -0.1) is 15.3 Å². The maximum Gasteiger partial charge on any atom is 0.338 e. The first kappa shape index (κ1) is 13.5. The average molecular weight is 279 g/mol. The molecule has 0 atom stereocenters. The second kappa shape index (κ2) is 4.96. The fourth-order valence-corrected chi connectivity index (χ4v) is 2.42. The largest absolute Gasteiger partial charge is 0.478 e. The number of aryl methyl sites for hydroxylation is 2. The Kier molecular flexibility index (Phi) is 3.52. The maximum absolute atomic E-state index is 11.4. The van der Waals surface area contributed by atoms with Gasteiger partial charge >= 0.3 is 5.97 Å². The zero-order valence-corrected chi connectivity index (χ0v) is 11.8. The SMILES string of the molecule is Cc1nnc(Sc2nnc(C)n2C)c(C(=O)O)c1C. The van der Waals surface area contributed by atoms with E-state index in [-0.39, 0.29) is 5.56 Å². The van der Waals surface area contributed by atoms with Gasteiger partial charge in [-0.25, -0.2) is 4.79 Å². The normalized spacial score (nSPS) is 10.7. The Morgan fingerprint density at radius 1 is 1.16 bits per heavy atom. The van der Waals surface area contributed by atoms with Gasteiger partial charge in [0.25, 0.3) is 0 Å². The third-order valence-electron chi connectivity index (χ3n) is 2.88. The Morgan fingerprint density at radius 3 is 2.37 bits per heavy atom. The molecule has 7 nitrogen and oxygen atoms in total. The second-order valence-electron chi connectivity index (χ2n) is 4.09. The lowest BCUT2D eigenvalue weighted by Gasteiger charge is -2.08.